The molecule has 2 heterocycles. The molecule has 6 heteroatoms. The first-order valence-corrected chi connectivity index (χ1v) is 9.88. The van der Waals surface area contributed by atoms with Crippen molar-refractivity contribution < 1.29 is 0 Å². The van der Waals surface area contributed by atoms with E-state index in [-0.39, 0.29) is 5.56 Å². The van der Waals surface area contributed by atoms with E-state index in [1.165, 1.54) is 11.3 Å². The van der Waals surface area contributed by atoms with Crippen LogP contribution in [-0.2, 0) is 0 Å². The van der Waals surface area contributed by atoms with Crippen LogP contribution in [0.3, 0.4) is 0 Å². The van der Waals surface area contributed by atoms with Gasteiger partial charge in [0.2, 0.25) is 0 Å². The van der Waals surface area contributed by atoms with Gasteiger partial charge in [0.05, 0.1) is 21.6 Å². The van der Waals surface area contributed by atoms with E-state index in [1.54, 1.807) is 16.7 Å². The summed E-state index contributed by atoms with van der Waals surface area (Å²) in [5.41, 5.74) is 2.00. The van der Waals surface area contributed by atoms with Crippen LogP contribution in [0.4, 0.5) is 0 Å². The van der Waals surface area contributed by atoms with Crippen molar-refractivity contribution in [2.75, 3.05) is 0 Å². The average molecular weight is 413 g/mol. The van der Waals surface area contributed by atoms with Crippen LogP contribution >= 0.6 is 34.5 Å². The number of aryl methyl sites for hydroxylation is 1. The number of hydrogen-bond acceptors (Lipinski definition) is 3. The second-order valence-electron chi connectivity index (χ2n) is 5.97. The molecule has 0 atom stereocenters. The first-order valence-electron chi connectivity index (χ1n) is 8.24. The Morgan fingerprint density at radius 3 is 2.44 bits per heavy atom. The predicted octanol–water partition coefficient (Wildman–Crippen LogP) is 6.23. The first kappa shape index (κ1) is 18.0. The standard InChI is InChI=1S/C21H14Cl2N2OS/c1-13-20-17(12-27-13)24-19(11-10-14-6-2-3-7-15(14)22)25(21(20)26)18-9-5-4-8-16(18)23/h2-12H,1H3. The molecule has 2 aromatic heterocycles. The highest BCUT2D eigenvalue weighted by Crippen LogP contribution is 2.26. The number of benzene rings is 2. The van der Waals surface area contributed by atoms with Gasteiger partial charge in [-0.2, -0.15) is 0 Å². The molecule has 0 aliphatic rings. The zero-order valence-corrected chi connectivity index (χ0v) is 16.6. The van der Waals surface area contributed by atoms with Gasteiger partial charge in [0.15, 0.2) is 0 Å². The van der Waals surface area contributed by atoms with Crippen molar-refractivity contribution >= 4 is 57.6 Å². The molecule has 0 aliphatic heterocycles. The molecular formula is C21H14Cl2N2OS. The number of aromatic nitrogens is 2. The van der Waals surface area contributed by atoms with Crippen LogP contribution in [0.1, 0.15) is 16.3 Å². The Morgan fingerprint density at radius 2 is 1.70 bits per heavy atom. The molecule has 0 unspecified atom stereocenters. The lowest BCUT2D eigenvalue weighted by atomic mass is 10.2. The van der Waals surface area contributed by atoms with Gasteiger partial charge in [0, 0.05) is 15.3 Å². The van der Waals surface area contributed by atoms with Crippen LogP contribution in [0.25, 0.3) is 28.7 Å². The number of thiophene rings is 1. The molecule has 2 aromatic carbocycles. The molecule has 0 amide bonds. The van der Waals surface area contributed by atoms with Crippen molar-refractivity contribution in [1.82, 2.24) is 9.55 Å². The molecule has 0 aliphatic carbocycles. The van der Waals surface area contributed by atoms with Gasteiger partial charge in [-0.1, -0.05) is 53.5 Å². The van der Waals surface area contributed by atoms with Crippen molar-refractivity contribution in [2.45, 2.75) is 6.92 Å². The van der Waals surface area contributed by atoms with Crippen molar-refractivity contribution in [3.8, 4) is 5.69 Å². The normalized spacial score (nSPS) is 11.5. The molecule has 0 fully saturated rings. The number of rotatable bonds is 3. The van der Waals surface area contributed by atoms with E-state index in [2.05, 4.69) is 0 Å². The minimum absolute atomic E-state index is 0.134. The zero-order chi connectivity index (χ0) is 19.0. The molecule has 0 saturated heterocycles. The van der Waals surface area contributed by atoms with Gasteiger partial charge in [-0.15, -0.1) is 11.3 Å². The highest BCUT2D eigenvalue weighted by molar-refractivity contribution is 7.11. The fraction of sp³-hybridized carbons (Fsp3) is 0.0476. The van der Waals surface area contributed by atoms with Crippen molar-refractivity contribution in [2.24, 2.45) is 0 Å². The molecule has 4 rings (SSSR count). The number of fused-ring (bicyclic) bond motifs is 1. The van der Waals surface area contributed by atoms with Crippen LogP contribution in [0.5, 0.6) is 0 Å². The Hall–Kier alpha value is -2.40. The van der Waals surface area contributed by atoms with Gasteiger partial charge in [-0.05, 0) is 42.8 Å². The minimum Gasteiger partial charge on any atom is -0.268 e. The summed E-state index contributed by atoms with van der Waals surface area (Å²) >= 11 is 14.1. The fourth-order valence-corrected chi connectivity index (χ4v) is 4.11. The summed E-state index contributed by atoms with van der Waals surface area (Å²) in [6, 6.07) is 14.8. The summed E-state index contributed by atoms with van der Waals surface area (Å²) in [7, 11) is 0. The second kappa shape index (κ2) is 7.31. The monoisotopic (exact) mass is 412 g/mol. The van der Waals surface area contributed by atoms with Gasteiger partial charge in [0.1, 0.15) is 5.82 Å². The Kier molecular flexibility index (Phi) is 4.87. The predicted molar refractivity (Wildman–Crippen MR) is 115 cm³/mol. The molecule has 0 N–H and O–H groups in total. The maximum atomic E-state index is 13.3. The number of halogens is 2. The van der Waals surface area contributed by atoms with E-state index in [4.69, 9.17) is 28.2 Å². The summed E-state index contributed by atoms with van der Waals surface area (Å²) in [6.45, 7) is 1.92. The summed E-state index contributed by atoms with van der Waals surface area (Å²) in [5.74, 6) is 0.498. The lowest BCUT2D eigenvalue weighted by molar-refractivity contribution is 0.944. The summed E-state index contributed by atoms with van der Waals surface area (Å²) in [5, 5.41) is 3.64. The molecule has 4 aromatic rings. The van der Waals surface area contributed by atoms with E-state index >= 15 is 0 Å². The summed E-state index contributed by atoms with van der Waals surface area (Å²) in [6.07, 6.45) is 3.64. The third kappa shape index (κ3) is 3.32. The Balaban J connectivity index is 1.99. The smallest absolute Gasteiger partial charge is 0.267 e. The van der Waals surface area contributed by atoms with Crippen molar-refractivity contribution in [1.29, 1.82) is 0 Å². The number of nitrogens with zero attached hydrogens (tertiary/aromatic N) is 2. The van der Waals surface area contributed by atoms with Gasteiger partial charge in [-0.25, -0.2) is 4.98 Å². The minimum atomic E-state index is -0.134. The fourth-order valence-electron chi connectivity index (χ4n) is 2.93. The molecule has 0 bridgehead atoms. The first-order chi connectivity index (χ1) is 13.1. The molecular weight excluding hydrogens is 399 g/mol. The summed E-state index contributed by atoms with van der Waals surface area (Å²) < 4.78 is 1.55. The van der Waals surface area contributed by atoms with Crippen molar-refractivity contribution in [3.63, 3.8) is 0 Å². The maximum absolute atomic E-state index is 13.3. The van der Waals surface area contributed by atoms with E-state index < -0.39 is 0 Å². The SMILES string of the molecule is Cc1scc2nc(C=Cc3ccccc3Cl)n(-c3ccccc3Cl)c(=O)c12. The highest BCUT2D eigenvalue weighted by atomic mass is 35.5. The molecule has 27 heavy (non-hydrogen) atoms. The van der Waals surface area contributed by atoms with E-state index in [0.717, 1.165) is 10.4 Å². The molecule has 134 valence electrons. The lowest BCUT2D eigenvalue weighted by Gasteiger charge is -2.12. The van der Waals surface area contributed by atoms with Crippen molar-refractivity contribution in [3.05, 3.63) is 90.6 Å². The Bertz CT molecular complexity index is 1240. The highest BCUT2D eigenvalue weighted by Gasteiger charge is 2.15. The topological polar surface area (TPSA) is 34.9 Å². The van der Waals surface area contributed by atoms with E-state index in [1.807, 2.05) is 60.8 Å². The van der Waals surface area contributed by atoms with Crippen LogP contribution in [-0.4, -0.2) is 9.55 Å². The van der Waals surface area contributed by atoms with Crippen LogP contribution in [0.2, 0.25) is 10.0 Å². The van der Waals surface area contributed by atoms with E-state index in [9.17, 15) is 4.79 Å². The molecule has 3 nitrogen and oxygen atoms in total. The third-order valence-corrected chi connectivity index (χ3v) is 5.81. The van der Waals surface area contributed by atoms with Crippen LogP contribution in [0, 0.1) is 6.92 Å². The van der Waals surface area contributed by atoms with Gasteiger partial charge in [0.25, 0.3) is 5.56 Å². The number of hydrogen-bond donors (Lipinski definition) is 0. The van der Waals surface area contributed by atoms with Crippen LogP contribution < -0.4 is 5.56 Å². The summed E-state index contributed by atoms with van der Waals surface area (Å²) in [4.78, 5) is 18.9. The molecule has 0 radical (unpaired) electrons. The van der Waals surface area contributed by atoms with Gasteiger partial charge in [-0.3, -0.25) is 9.36 Å². The second-order valence-corrected chi connectivity index (χ2v) is 7.87. The number of para-hydroxylation sites is 1. The molecule has 0 saturated carbocycles. The van der Waals surface area contributed by atoms with Gasteiger partial charge < -0.3 is 0 Å². The maximum Gasteiger partial charge on any atom is 0.267 e. The third-order valence-electron chi connectivity index (χ3n) is 4.25. The molecule has 0 spiro atoms. The van der Waals surface area contributed by atoms with Gasteiger partial charge >= 0.3 is 0 Å². The Morgan fingerprint density at radius 1 is 1.00 bits per heavy atom. The Labute approximate surface area is 170 Å². The average Bonchev–Trinajstić information content (AvgIpc) is 3.03. The zero-order valence-electron chi connectivity index (χ0n) is 14.3. The lowest BCUT2D eigenvalue weighted by Crippen LogP contribution is -2.22. The largest absolute Gasteiger partial charge is 0.268 e. The van der Waals surface area contributed by atoms with E-state index in [0.29, 0.717) is 32.5 Å². The van der Waals surface area contributed by atoms with Crippen LogP contribution in [0.15, 0.2) is 58.7 Å². The quantitative estimate of drug-likeness (QED) is 0.399.